The van der Waals surface area contributed by atoms with Crippen LogP contribution in [-0.4, -0.2) is 11.6 Å². The van der Waals surface area contributed by atoms with E-state index in [1.165, 1.54) is 32.1 Å². The Morgan fingerprint density at radius 1 is 1.00 bits per heavy atom. The number of Topliss-reactive ketones (excluding diaryl/α,β-unsaturated/α-hetero) is 2. The Kier molecular flexibility index (Phi) is 10.1. The third kappa shape index (κ3) is 11.6. The van der Waals surface area contributed by atoms with E-state index in [0.717, 1.165) is 6.42 Å². The van der Waals surface area contributed by atoms with E-state index >= 15 is 0 Å². The molecule has 0 aliphatic rings. The van der Waals surface area contributed by atoms with Gasteiger partial charge >= 0.3 is 0 Å². The first-order chi connectivity index (χ1) is 8.06. The van der Waals surface area contributed by atoms with Crippen molar-refractivity contribution in [2.45, 2.75) is 78.6 Å². The van der Waals surface area contributed by atoms with Crippen molar-refractivity contribution in [3.8, 4) is 0 Å². The van der Waals surface area contributed by atoms with Crippen molar-refractivity contribution in [3.05, 3.63) is 0 Å². The highest BCUT2D eigenvalue weighted by atomic mass is 16.1. The zero-order valence-electron chi connectivity index (χ0n) is 11.8. The maximum Gasteiger partial charge on any atom is 0.133 e. The summed E-state index contributed by atoms with van der Waals surface area (Å²) in [5.41, 5.74) is 0. The molecule has 1 atom stereocenters. The van der Waals surface area contributed by atoms with Crippen LogP contribution in [0.15, 0.2) is 0 Å². The molecule has 1 unspecified atom stereocenters. The van der Waals surface area contributed by atoms with Crippen LogP contribution in [0.25, 0.3) is 0 Å². The minimum atomic E-state index is 0.116. The first kappa shape index (κ1) is 16.3. The molecule has 0 fully saturated rings. The van der Waals surface area contributed by atoms with E-state index in [1.54, 1.807) is 6.92 Å². The Hall–Kier alpha value is -0.660. The molecule has 0 amide bonds. The van der Waals surface area contributed by atoms with Gasteiger partial charge in [0.15, 0.2) is 0 Å². The van der Waals surface area contributed by atoms with Gasteiger partial charge in [-0.1, -0.05) is 52.4 Å². The van der Waals surface area contributed by atoms with Gasteiger partial charge in [0, 0.05) is 19.3 Å². The predicted octanol–water partition coefficient (Wildman–Crippen LogP) is 4.31. The smallest absolute Gasteiger partial charge is 0.133 e. The molecule has 0 aromatic heterocycles. The topological polar surface area (TPSA) is 34.1 Å². The molecule has 100 valence electrons. The fourth-order valence-electron chi connectivity index (χ4n) is 2.00. The molecule has 17 heavy (non-hydrogen) atoms. The molecule has 2 nitrogen and oxygen atoms in total. The van der Waals surface area contributed by atoms with Gasteiger partial charge in [-0.3, -0.25) is 4.79 Å². The number of hydrogen-bond acceptors (Lipinski definition) is 2. The summed E-state index contributed by atoms with van der Waals surface area (Å²) in [6.45, 7) is 5.91. The fourth-order valence-corrected chi connectivity index (χ4v) is 2.00. The van der Waals surface area contributed by atoms with Crippen LogP contribution in [-0.2, 0) is 9.59 Å². The second-order valence-electron chi connectivity index (χ2n) is 5.25. The highest BCUT2D eigenvalue weighted by Crippen LogP contribution is 2.15. The van der Waals surface area contributed by atoms with E-state index in [4.69, 9.17) is 0 Å². The van der Waals surface area contributed by atoms with Crippen LogP contribution in [0.2, 0.25) is 0 Å². The molecule has 0 N–H and O–H groups in total. The van der Waals surface area contributed by atoms with Crippen molar-refractivity contribution in [2.75, 3.05) is 0 Å². The molecule has 0 saturated carbocycles. The van der Waals surface area contributed by atoms with E-state index in [9.17, 15) is 9.59 Å². The molecule has 0 spiro atoms. The van der Waals surface area contributed by atoms with Crippen molar-refractivity contribution in [2.24, 2.45) is 5.92 Å². The Bertz CT molecular complexity index is 221. The lowest BCUT2D eigenvalue weighted by atomic mass is 9.95. The average molecular weight is 240 g/mol. The Labute approximate surface area is 106 Å². The zero-order valence-corrected chi connectivity index (χ0v) is 11.8. The lowest BCUT2D eigenvalue weighted by Crippen LogP contribution is -2.07. The summed E-state index contributed by atoms with van der Waals surface area (Å²) in [5, 5.41) is 0. The van der Waals surface area contributed by atoms with Gasteiger partial charge in [0.2, 0.25) is 0 Å². The third-order valence-electron chi connectivity index (χ3n) is 3.13. The van der Waals surface area contributed by atoms with Gasteiger partial charge in [-0.05, 0) is 12.8 Å². The summed E-state index contributed by atoms with van der Waals surface area (Å²) >= 11 is 0. The standard InChI is InChI=1S/C15H28O2/c1-4-5-6-7-8-9-13(2)12-15(17)11-10-14(3)16/h13H,4-12H2,1-3H3. The van der Waals surface area contributed by atoms with Gasteiger partial charge in [0.25, 0.3) is 0 Å². The van der Waals surface area contributed by atoms with E-state index < -0.39 is 0 Å². The molecule has 0 aromatic carbocycles. The molecule has 0 bridgehead atoms. The summed E-state index contributed by atoms with van der Waals surface area (Å²) in [5.74, 6) is 0.850. The van der Waals surface area contributed by atoms with E-state index in [-0.39, 0.29) is 11.6 Å². The number of rotatable bonds is 11. The lowest BCUT2D eigenvalue weighted by Gasteiger charge is -2.09. The number of unbranched alkanes of at least 4 members (excludes halogenated alkanes) is 4. The minimum Gasteiger partial charge on any atom is -0.300 e. The predicted molar refractivity (Wildman–Crippen MR) is 72.1 cm³/mol. The fraction of sp³-hybridized carbons (Fsp3) is 0.867. The number of ketones is 2. The third-order valence-corrected chi connectivity index (χ3v) is 3.13. The van der Waals surface area contributed by atoms with E-state index in [2.05, 4.69) is 13.8 Å². The molecule has 0 aliphatic heterocycles. The van der Waals surface area contributed by atoms with E-state index in [1.807, 2.05) is 0 Å². The van der Waals surface area contributed by atoms with Gasteiger partial charge in [0.1, 0.15) is 11.6 Å². The molecule has 2 heteroatoms. The molecule has 0 heterocycles. The molecule has 0 rings (SSSR count). The number of carbonyl (C=O) groups is 2. The SMILES string of the molecule is CCCCCCCC(C)CC(=O)CCC(C)=O. The molecular weight excluding hydrogens is 212 g/mol. The van der Waals surface area contributed by atoms with Gasteiger partial charge in [-0.25, -0.2) is 0 Å². The van der Waals surface area contributed by atoms with Gasteiger partial charge < -0.3 is 4.79 Å². The normalized spacial score (nSPS) is 12.4. The van der Waals surface area contributed by atoms with Crippen LogP contribution >= 0.6 is 0 Å². The summed E-state index contributed by atoms with van der Waals surface area (Å²) in [7, 11) is 0. The van der Waals surface area contributed by atoms with E-state index in [0.29, 0.717) is 25.2 Å². The Morgan fingerprint density at radius 2 is 1.65 bits per heavy atom. The second-order valence-corrected chi connectivity index (χ2v) is 5.25. The molecule has 0 aliphatic carbocycles. The van der Waals surface area contributed by atoms with Gasteiger partial charge in [0.05, 0.1) is 0 Å². The Morgan fingerprint density at radius 3 is 2.24 bits per heavy atom. The zero-order chi connectivity index (χ0) is 13.1. The van der Waals surface area contributed by atoms with Crippen LogP contribution in [0.4, 0.5) is 0 Å². The van der Waals surface area contributed by atoms with Crippen LogP contribution in [0, 0.1) is 5.92 Å². The largest absolute Gasteiger partial charge is 0.300 e. The van der Waals surface area contributed by atoms with Crippen molar-refractivity contribution in [3.63, 3.8) is 0 Å². The minimum absolute atomic E-state index is 0.116. The van der Waals surface area contributed by atoms with Crippen LogP contribution in [0.3, 0.4) is 0 Å². The first-order valence-electron chi connectivity index (χ1n) is 7.07. The highest BCUT2D eigenvalue weighted by molar-refractivity contribution is 5.84. The van der Waals surface area contributed by atoms with Crippen molar-refractivity contribution in [1.82, 2.24) is 0 Å². The van der Waals surface area contributed by atoms with Gasteiger partial charge in [-0.2, -0.15) is 0 Å². The molecular formula is C15H28O2. The molecule has 0 saturated heterocycles. The second kappa shape index (κ2) is 10.5. The maximum atomic E-state index is 11.5. The monoisotopic (exact) mass is 240 g/mol. The van der Waals surface area contributed by atoms with Crippen molar-refractivity contribution < 1.29 is 9.59 Å². The Balaban J connectivity index is 3.47. The van der Waals surface area contributed by atoms with Crippen molar-refractivity contribution in [1.29, 1.82) is 0 Å². The van der Waals surface area contributed by atoms with Crippen LogP contribution in [0.5, 0.6) is 0 Å². The summed E-state index contributed by atoms with van der Waals surface area (Å²) < 4.78 is 0. The quantitative estimate of drug-likeness (QED) is 0.504. The van der Waals surface area contributed by atoms with Crippen LogP contribution in [0.1, 0.15) is 78.6 Å². The maximum absolute atomic E-state index is 11.5. The van der Waals surface area contributed by atoms with Crippen molar-refractivity contribution >= 4 is 11.6 Å². The lowest BCUT2D eigenvalue weighted by molar-refractivity contribution is -0.123. The average Bonchev–Trinajstić information content (AvgIpc) is 2.26. The molecule has 0 radical (unpaired) electrons. The first-order valence-corrected chi connectivity index (χ1v) is 7.07. The van der Waals surface area contributed by atoms with Crippen LogP contribution < -0.4 is 0 Å². The molecule has 0 aromatic rings. The summed E-state index contributed by atoms with van der Waals surface area (Å²) in [6, 6.07) is 0. The highest BCUT2D eigenvalue weighted by Gasteiger charge is 2.09. The number of carbonyl (C=O) groups excluding carboxylic acids is 2. The van der Waals surface area contributed by atoms with Gasteiger partial charge in [-0.15, -0.1) is 0 Å². The summed E-state index contributed by atoms with van der Waals surface area (Å²) in [6.07, 6.45) is 9.11. The summed E-state index contributed by atoms with van der Waals surface area (Å²) in [4.78, 5) is 22.3. The number of hydrogen-bond donors (Lipinski definition) is 0.